The predicted molar refractivity (Wildman–Crippen MR) is 64.1 cm³/mol. The Balaban J connectivity index is 2.25. The highest BCUT2D eigenvalue weighted by atomic mass is 16.3. The van der Waals surface area contributed by atoms with Crippen molar-refractivity contribution in [2.24, 2.45) is 0 Å². The Morgan fingerprint density at radius 3 is 3.00 bits per heavy atom. The first-order valence-corrected chi connectivity index (χ1v) is 5.16. The average molecular weight is 231 g/mol. The second kappa shape index (κ2) is 4.78. The van der Waals surface area contributed by atoms with Crippen LogP contribution < -0.4 is 5.73 Å². The van der Waals surface area contributed by atoms with Gasteiger partial charge in [0.05, 0.1) is 12.9 Å². The molecule has 2 aromatic heterocycles. The van der Waals surface area contributed by atoms with Gasteiger partial charge in [0.2, 0.25) is 0 Å². The summed E-state index contributed by atoms with van der Waals surface area (Å²) in [4.78, 5) is 12.2. The van der Waals surface area contributed by atoms with Gasteiger partial charge in [0.25, 0.3) is 0 Å². The van der Waals surface area contributed by atoms with Gasteiger partial charge in [-0.3, -0.25) is 0 Å². The molecule has 0 bridgehead atoms. The summed E-state index contributed by atoms with van der Waals surface area (Å²) >= 11 is 0. The summed E-state index contributed by atoms with van der Waals surface area (Å²) in [5.41, 5.74) is 10.4. The van der Waals surface area contributed by atoms with Gasteiger partial charge in [-0.1, -0.05) is 6.58 Å². The monoisotopic (exact) mass is 231 g/mol. The van der Waals surface area contributed by atoms with Gasteiger partial charge in [0.15, 0.2) is 11.5 Å². The third kappa shape index (κ3) is 2.18. The highest BCUT2D eigenvalue weighted by molar-refractivity contribution is 5.81. The fourth-order valence-electron chi connectivity index (χ4n) is 1.54. The number of aliphatic hydroxyl groups excluding tert-OH is 1. The van der Waals surface area contributed by atoms with Gasteiger partial charge in [-0.2, -0.15) is 0 Å². The number of nitrogens with zero attached hydrogens (tertiary/aromatic N) is 4. The molecule has 0 saturated heterocycles. The number of aryl methyl sites for hydroxylation is 1. The zero-order valence-corrected chi connectivity index (χ0v) is 9.30. The molecule has 0 radical (unpaired) electrons. The predicted octanol–water partition coefficient (Wildman–Crippen LogP) is 0.502. The normalized spacial score (nSPS) is 10.4. The lowest BCUT2D eigenvalue weighted by atomic mass is 10.2. The van der Waals surface area contributed by atoms with Crippen LogP contribution in [0.3, 0.4) is 0 Å². The average Bonchev–Trinajstić information content (AvgIpc) is 2.75. The Morgan fingerprint density at radius 1 is 1.47 bits per heavy atom. The summed E-state index contributed by atoms with van der Waals surface area (Å²) in [5.74, 6) is 0.371. The lowest BCUT2D eigenvalue weighted by Gasteiger charge is -2.03. The molecule has 0 aliphatic carbocycles. The van der Waals surface area contributed by atoms with Crippen LogP contribution in [0, 0.1) is 0 Å². The maximum atomic E-state index is 9.00. The topological polar surface area (TPSA) is 89.8 Å². The number of aliphatic hydroxyl groups is 1. The maximum absolute atomic E-state index is 9.00. The molecule has 2 aromatic rings. The molecule has 2 heterocycles. The minimum Gasteiger partial charge on any atom is -0.391 e. The highest BCUT2D eigenvalue weighted by Crippen LogP contribution is 2.15. The van der Waals surface area contributed by atoms with Crippen molar-refractivity contribution in [2.45, 2.75) is 13.0 Å². The molecule has 0 fully saturated rings. The fraction of sp³-hybridized carbons (Fsp3) is 0.273. The zero-order chi connectivity index (χ0) is 12.3. The lowest BCUT2D eigenvalue weighted by Crippen LogP contribution is -2.01. The first kappa shape index (κ1) is 11.3. The second-order valence-electron chi connectivity index (χ2n) is 3.56. The van der Waals surface area contributed by atoms with E-state index in [4.69, 9.17) is 10.8 Å². The summed E-state index contributed by atoms with van der Waals surface area (Å²) in [5, 5.41) is 9.00. The summed E-state index contributed by atoms with van der Waals surface area (Å²) in [6.45, 7) is 4.13. The molecule has 0 aromatic carbocycles. The molecule has 0 atom stereocenters. The Bertz CT molecular complexity index is 583. The SMILES string of the molecule is C=C=C(CO)CCn1cnc2c(N)ncnc21. The molecular formula is C11H13N5O. The molecule has 6 nitrogen and oxygen atoms in total. The van der Waals surface area contributed by atoms with Gasteiger partial charge in [-0.15, -0.1) is 5.73 Å². The van der Waals surface area contributed by atoms with Crippen LogP contribution in [0.5, 0.6) is 0 Å². The van der Waals surface area contributed by atoms with Crippen LogP contribution in [0.1, 0.15) is 6.42 Å². The maximum Gasteiger partial charge on any atom is 0.165 e. The van der Waals surface area contributed by atoms with Crippen LogP contribution in [0.2, 0.25) is 0 Å². The largest absolute Gasteiger partial charge is 0.391 e. The standard InChI is InChI=1S/C11H13N5O/c1-2-8(5-17)3-4-16-7-15-9-10(12)13-6-14-11(9)16/h6-7,17H,1,3-5H2,(H2,12,13,14). The molecule has 0 amide bonds. The number of rotatable bonds is 4. The van der Waals surface area contributed by atoms with E-state index in [1.807, 2.05) is 4.57 Å². The lowest BCUT2D eigenvalue weighted by molar-refractivity contribution is 0.325. The van der Waals surface area contributed by atoms with Crippen LogP contribution in [-0.4, -0.2) is 31.2 Å². The van der Waals surface area contributed by atoms with Crippen molar-refractivity contribution in [3.8, 4) is 0 Å². The molecule has 17 heavy (non-hydrogen) atoms. The first-order chi connectivity index (χ1) is 8.26. The van der Waals surface area contributed by atoms with E-state index in [2.05, 4.69) is 27.3 Å². The van der Waals surface area contributed by atoms with Crippen molar-refractivity contribution in [3.63, 3.8) is 0 Å². The number of hydrogen-bond donors (Lipinski definition) is 2. The molecular weight excluding hydrogens is 218 g/mol. The summed E-state index contributed by atoms with van der Waals surface area (Å²) in [6.07, 6.45) is 3.72. The van der Waals surface area contributed by atoms with Gasteiger partial charge < -0.3 is 15.4 Å². The van der Waals surface area contributed by atoms with Gasteiger partial charge >= 0.3 is 0 Å². The number of nitrogen functional groups attached to an aromatic ring is 1. The summed E-state index contributed by atoms with van der Waals surface area (Å²) < 4.78 is 1.86. The number of nitrogens with two attached hydrogens (primary N) is 1. The van der Waals surface area contributed by atoms with E-state index in [9.17, 15) is 0 Å². The Kier molecular flexibility index (Phi) is 3.18. The van der Waals surface area contributed by atoms with Crippen molar-refractivity contribution in [3.05, 3.63) is 30.5 Å². The minimum atomic E-state index is -0.0345. The van der Waals surface area contributed by atoms with Crippen molar-refractivity contribution in [2.75, 3.05) is 12.3 Å². The van der Waals surface area contributed by atoms with Crippen molar-refractivity contribution >= 4 is 17.0 Å². The molecule has 0 unspecified atom stereocenters. The van der Waals surface area contributed by atoms with E-state index in [-0.39, 0.29) is 6.61 Å². The molecule has 3 N–H and O–H groups in total. The number of fused-ring (bicyclic) bond motifs is 1. The minimum absolute atomic E-state index is 0.0345. The number of hydrogen-bond acceptors (Lipinski definition) is 5. The summed E-state index contributed by atoms with van der Waals surface area (Å²) in [6, 6.07) is 0. The van der Waals surface area contributed by atoms with Crippen molar-refractivity contribution in [1.29, 1.82) is 0 Å². The van der Waals surface area contributed by atoms with Crippen molar-refractivity contribution in [1.82, 2.24) is 19.5 Å². The fourth-order valence-corrected chi connectivity index (χ4v) is 1.54. The quantitative estimate of drug-likeness (QED) is 0.748. The van der Waals surface area contributed by atoms with E-state index in [1.54, 1.807) is 6.33 Å². The number of imidazole rings is 1. The Hall–Kier alpha value is -2.17. The molecule has 6 heteroatoms. The molecule has 88 valence electrons. The van der Waals surface area contributed by atoms with E-state index in [1.165, 1.54) is 6.33 Å². The van der Waals surface area contributed by atoms with Gasteiger partial charge in [-0.25, -0.2) is 15.0 Å². The van der Waals surface area contributed by atoms with Crippen molar-refractivity contribution < 1.29 is 5.11 Å². The third-order valence-electron chi connectivity index (χ3n) is 2.52. The first-order valence-electron chi connectivity index (χ1n) is 5.16. The third-order valence-corrected chi connectivity index (χ3v) is 2.52. The smallest absolute Gasteiger partial charge is 0.165 e. The van der Waals surface area contributed by atoms with Crippen LogP contribution in [0.4, 0.5) is 5.82 Å². The van der Waals surface area contributed by atoms with E-state index in [0.29, 0.717) is 29.9 Å². The van der Waals surface area contributed by atoms with E-state index >= 15 is 0 Å². The number of aromatic nitrogens is 4. The van der Waals surface area contributed by atoms with Crippen LogP contribution in [0.15, 0.2) is 30.5 Å². The molecule has 2 rings (SSSR count). The number of anilines is 1. The van der Waals surface area contributed by atoms with Gasteiger partial charge in [0, 0.05) is 6.54 Å². The van der Waals surface area contributed by atoms with Crippen LogP contribution >= 0.6 is 0 Å². The van der Waals surface area contributed by atoms with Crippen LogP contribution in [-0.2, 0) is 6.54 Å². The highest BCUT2D eigenvalue weighted by Gasteiger charge is 2.07. The Labute approximate surface area is 98.1 Å². The van der Waals surface area contributed by atoms with E-state index in [0.717, 1.165) is 5.57 Å². The second-order valence-corrected chi connectivity index (χ2v) is 3.56. The molecule has 0 aliphatic rings. The van der Waals surface area contributed by atoms with Gasteiger partial charge in [-0.05, 0) is 12.0 Å². The Morgan fingerprint density at radius 2 is 2.29 bits per heavy atom. The molecule has 0 saturated carbocycles. The van der Waals surface area contributed by atoms with E-state index < -0.39 is 0 Å². The molecule has 0 spiro atoms. The molecule has 0 aliphatic heterocycles. The van der Waals surface area contributed by atoms with Crippen LogP contribution in [0.25, 0.3) is 11.2 Å². The van der Waals surface area contributed by atoms with Gasteiger partial charge in [0.1, 0.15) is 11.8 Å². The summed E-state index contributed by atoms with van der Waals surface area (Å²) in [7, 11) is 0. The zero-order valence-electron chi connectivity index (χ0n) is 9.30.